The first-order valence-corrected chi connectivity index (χ1v) is 7.40. The van der Waals surface area contributed by atoms with E-state index >= 15 is 0 Å². The van der Waals surface area contributed by atoms with Crippen molar-refractivity contribution >= 4 is 22.9 Å². The predicted octanol–water partition coefficient (Wildman–Crippen LogP) is 2.50. The van der Waals surface area contributed by atoms with Gasteiger partial charge in [-0.2, -0.15) is 0 Å². The van der Waals surface area contributed by atoms with E-state index in [1.807, 2.05) is 42.6 Å². The van der Waals surface area contributed by atoms with Gasteiger partial charge in [-0.25, -0.2) is 4.98 Å². The molecule has 0 aliphatic rings. The summed E-state index contributed by atoms with van der Waals surface area (Å²) in [6.07, 6.45) is 5.34. The summed E-state index contributed by atoms with van der Waals surface area (Å²) in [7, 11) is 1.91. The fourth-order valence-electron chi connectivity index (χ4n) is 1.91. The smallest absolute Gasteiger partial charge is 0.238 e. The molecule has 0 spiro atoms. The number of hydrogen-bond acceptors (Lipinski definition) is 4. The summed E-state index contributed by atoms with van der Waals surface area (Å²) in [4.78, 5) is 19.4. The molecule has 0 radical (unpaired) electrons. The third-order valence-electron chi connectivity index (χ3n) is 2.98. The number of nitrogens with one attached hydrogen (secondary N) is 1. The van der Waals surface area contributed by atoms with Gasteiger partial charge < -0.3 is 5.32 Å². The Morgan fingerprint density at radius 3 is 3.00 bits per heavy atom. The lowest BCUT2D eigenvalue weighted by molar-refractivity contribution is -0.117. The molecule has 108 valence electrons. The van der Waals surface area contributed by atoms with Crippen LogP contribution in [0, 0.1) is 19.3 Å². The first kappa shape index (κ1) is 15.2. The molecule has 21 heavy (non-hydrogen) atoms. The highest BCUT2D eigenvalue weighted by Gasteiger charge is 2.10. The Hall–Kier alpha value is -2.16. The van der Waals surface area contributed by atoms with Crippen LogP contribution in [0.4, 0.5) is 5.69 Å². The molecule has 0 unspecified atom stereocenters. The van der Waals surface area contributed by atoms with Gasteiger partial charge in [0, 0.05) is 22.7 Å². The van der Waals surface area contributed by atoms with Crippen LogP contribution in [0.25, 0.3) is 0 Å². The molecule has 0 saturated carbocycles. The summed E-state index contributed by atoms with van der Waals surface area (Å²) >= 11 is 1.61. The highest BCUT2D eigenvalue weighted by atomic mass is 32.1. The van der Waals surface area contributed by atoms with Crippen molar-refractivity contribution in [3.8, 4) is 12.3 Å². The Morgan fingerprint density at radius 2 is 2.33 bits per heavy atom. The van der Waals surface area contributed by atoms with E-state index in [0.717, 1.165) is 16.9 Å². The molecule has 5 heteroatoms. The molecule has 0 aliphatic carbocycles. The predicted molar refractivity (Wildman–Crippen MR) is 86.2 cm³/mol. The van der Waals surface area contributed by atoms with E-state index in [1.165, 1.54) is 4.88 Å². The number of aryl methyl sites for hydroxylation is 1. The average Bonchev–Trinajstić information content (AvgIpc) is 2.84. The highest BCUT2D eigenvalue weighted by molar-refractivity contribution is 7.09. The lowest BCUT2D eigenvalue weighted by Gasteiger charge is -2.15. The molecular formula is C16H17N3OS. The molecule has 0 aliphatic heterocycles. The summed E-state index contributed by atoms with van der Waals surface area (Å²) in [6.45, 7) is 3.01. The van der Waals surface area contributed by atoms with E-state index in [4.69, 9.17) is 6.42 Å². The number of carbonyl (C=O) groups excluding carboxylic acids is 1. The number of amides is 1. The van der Waals surface area contributed by atoms with E-state index in [1.54, 1.807) is 17.4 Å². The van der Waals surface area contributed by atoms with Crippen molar-refractivity contribution in [2.45, 2.75) is 13.5 Å². The van der Waals surface area contributed by atoms with Crippen LogP contribution in [0.5, 0.6) is 0 Å². The van der Waals surface area contributed by atoms with Crippen molar-refractivity contribution in [3.63, 3.8) is 0 Å². The second-order valence-electron chi connectivity index (χ2n) is 4.81. The molecule has 1 N–H and O–H groups in total. The SMILES string of the molecule is C#Cc1cccc(NC(=O)CN(C)Cc2scnc2C)c1. The lowest BCUT2D eigenvalue weighted by Crippen LogP contribution is -2.29. The minimum absolute atomic E-state index is 0.0613. The number of rotatable bonds is 5. The molecule has 0 saturated heterocycles. The zero-order valence-electron chi connectivity index (χ0n) is 12.1. The largest absolute Gasteiger partial charge is 0.325 e. The third kappa shape index (κ3) is 4.42. The first-order chi connectivity index (χ1) is 10.1. The zero-order chi connectivity index (χ0) is 15.2. The van der Waals surface area contributed by atoms with Crippen molar-refractivity contribution in [1.82, 2.24) is 9.88 Å². The van der Waals surface area contributed by atoms with E-state index in [9.17, 15) is 4.79 Å². The molecule has 1 amide bonds. The summed E-state index contributed by atoms with van der Waals surface area (Å²) in [5.41, 5.74) is 4.32. The van der Waals surface area contributed by atoms with Gasteiger partial charge in [0.05, 0.1) is 17.7 Å². The Kier molecular flexibility index (Phi) is 5.09. The number of thiazole rings is 1. The monoisotopic (exact) mass is 299 g/mol. The second kappa shape index (κ2) is 7.02. The van der Waals surface area contributed by atoms with E-state index in [0.29, 0.717) is 13.1 Å². The minimum atomic E-state index is -0.0613. The number of hydrogen-bond donors (Lipinski definition) is 1. The number of likely N-dealkylation sites (N-methyl/N-ethyl adjacent to an activating group) is 1. The average molecular weight is 299 g/mol. The van der Waals surface area contributed by atoms with Crippen LogP contribution in [-0.4, -0.2) is 29.4 Å². The molecule has 2 rings (SSSR count). The summed E-state index contributed by atoms with van der Waals surface area (Å²) < 4.78 is 0. The summed E-state index contributed by atoms with van der Waals surface area (Å²) in [6, 6.07) is 7.26. The molecule has 4 nitrogen and oxygen atoms in total. The van der Waals surface area contributed by atoms with Gasteiger partial charge in [0.2, 0.25) is 5.91 Å². The molecule has 0 atom stereocenters. The van der Waals surface area contributed by atoms with Gasteiger partial charge in [0.25, 0.3) is 0 Å². The Balaban J connectivity index is 1.89. The van der Waals surface area contributed by atoms with Crippen LogP contribution in [0.1, 0.15) is 16.1 Å². The maximum atomic E-state index is 12.0. The molecule has 1 aromatic heterocycles. The van der Waals surface area contributed by atoms with E-state index in [2.05, 4.69) is 16.2 Å². The van der Waals surface area contributed by atoms with Gasteiger partial charge >= 0.3 is 0 Å². The number of terminal acetylenes is 1. The molecule has 0 fully saturated rings. The van der Waals surface area contributed by atoms with E-state index < -0.39 is 0 Å². The number of anilines is 1. The van der Waals surface area contributed by atoms with Gasteiger partial charge in [0.1, 0.15) is 0 Å². The van der Waals surface area contributed by atoms with Gasteiger partial charge in [-0.15, -0.1) is 17.8 Å². The van der Waals surface area contributed by atoms with Crippen molar-refractivity contribution in [2.75, 3.05) is 18.9 Å². The Morgan fingerprint density at radius 1 is 1.52 bits per heavy atom. The molecule has 0 bridgehead atoms. The number of nitrogens with zero attached hydrogens (tertiary/aromatic N) is 2. The van der Waals surface area contributed by atoms with Gasteiger partial charge in [-0.3, -0.25) is 9.69 Å². The highest BCUT2D eigenvalue weighted by Crippen LogP contribution is 2.14. The maximum Gasteiger partial charge on any atom is 0.238 e. The molecule has 1 heterocycles. The first-order valence-electron chi connectivity index (χ1n) is 6.52. The van der Waals surface area contributed by atoms with Crippen LogP contribution in [0.15, 0.2) is 29.8 Å². The quantitative estimate of drug-likeness (QED) is 0.863. The van der Waals surface area contributed by atoms with Crippen molar-refractivity contribution in [2.24, 2.45) is 0 Å². The lowest BCUT2D eigenvalue weighted by atomic mass is 10.2. The normalized spacial score (nSPS) is 10.4. The van der Waals surface area contributed by atoms with Crippen molar-refractivity contribution in [1.29, 1.82) is 0 Å². The van der Waals surface area contributed by atoms with Crippen LogP contribution in [0.3, 0.4) is 0 Å². The molecule has 2 aromatic rings. The topological polar surface area (TPSA) is 45.2 Å². The van der Waals surface area contributed by atoms with Gasteiger partial charge in [-0.1, -0.05) is 12.0 Å². The Bertz CT molecular complexity index is 672. The summed E-state index contributed by atoms with van der Waals surface area (Å²) in [5, 5.41) is 2.85. The number of aromatic nitrogens is 1. The fraction of sp³-hybridized carbons (Fsp3) is 0.250. The van der Waals surface area contributed by atoms with Crippen molar-refractivity contribution in [3.05, 3.63) is 45.9 Å². The minimum Gasteiger partial charge on any atom is -0.325 e. The Labute approximate surface area is 128 Å². The standard InChI is InChI=1S/C16H17N3OS/c1-4-13-6-5-7-14(8-13)18-16(20)10-19(3)9-15-12(2)17-11-21-15/h1,5-8,11H,9-10H2,2-3H3,(H,18,20). The van der Waals surface area contributed by atoms with E-state index in [-0.39, 0.29) is 5.91 Å². The van der Waals surface area contributed by atoms with Crippen molar-refractivity contribution < 1.29 is 4.79 Å². The zero-order valence-corrected chi connectivity index (χ0v) is 12.9. The van der Waals surface area contributed by atoms with Crippen LogP contribution in [-0.2, 0) is 11.3 Å². The number of carbonyl (C=O) groups is 1. The number of benzene rings is 1. The van der Waals surface area contributed by atoms with Crippen LogP contribution in [0.2, 0.25) is 0 Å². The fourth-order valence-corrected chi connectivity index (χ4v) is 2.77. The maximum absolute atomic E-state index is 12.0. The van der Waals surface area contributed by atoms with Gasteiger partial charge in [-0.05, 0) is 32.2 Å². The van der Waals surface area contributed by atoms with Crippen LogP contribution >= 0.6 is 11.3 Å². The molecular weight excluding hydrogens is 282 g/mol. The van der Waals surface area contributed by atoms with Crippen LogP contribution < -0.4 is 5.32 Å². The molecule has 1 aromatic carbocycles. The van der Waals surface area contributed by atoms with Gasteiger partial charge in [0.15, 0.2) is 0 Å². The summed E-state index contributed by atoms with van der Waals surface area (Å²) in [5.74, 6) is 2.49. The second-order valence-corrected chi connectivity index (χ2v) is 5.75. The third-order valence-corrected chi connectivity index (χ3v) is 3.90.